The van der Waals surface area contributed by atoms with Crippen LogP contribution in [0.2, 0.25) is 0 Å². The van der Waals surface area contributed by atoms with Crippen LogP contribution in [-0.4, -0.2) is 53.0 Å². The van der Waals surface area contributed by atoms with Crippen molar-refractivity contribution >= 4 is 29.5 Å². The van der Waals surface area contributed by atoms with Crippen molar-refractivity contribution in [3.8, 4) is 0 Å². The number of pyridine rings is 1. The van der Waals surface area contributed by atoms with Crippen molar-refractivity contribution in [2.75, 3.05) is 31.1 Å². The Morgan fingerprint density at radius 1 is 0.829 bits per heavy atom. The standard InChI is InChI=1S/C28H28N4O3/c33-27(15-13-24-5-4-6-25(29-24)14-16-28(34)30-35)23-11-9-22(10-12-23)21-31-17-19-32(20-18-31)26-7-2-1-3-8-26/h1-16,35H,17-21H2,(H,30,34). The second-order valence-corrected chi connectivity index (χ2v) is 8.29. The topological polar surface area (TPSA) is 85.8 Å². The highest BCUT2D eigenvalue weighted by Gasteiger charge is 2.17. The lowest BCUT2D eigenvalue weighted by Crippen LogP contribution is -2.45. The highest BCUT2D eigenvalue weighted by Crippen LogP contribution is 2.17. The summed E-state index contributed by atoms with van der Waals surface area (Å²) >= 11 is 0. The molecule has 4 rings (SSSR count). The molecule has 0 spiro atoms. The van der Waals surface area contributed by atoms with E-state index < -0.39 is 5.91 Å². The van der Waals surface area contributed by atoms with Crippen LogP contribution >= 0.6 is 0 Å². The number of amides is 1. The van der Waals surface area contributed by atoms with Gasteiger partial charge < -0.3 is 4.90 Å². The molecule has 2 aromatic carbocycles. The summed E-state index contributed by atoms with van der Waals surface area (Å²) in [6.07, 6.45) is 5.79. The minimum atomic E-state index is -0.638. The van der Waals surface area contributed by atoms with Crippen LogP contribution in [0.1, 0.15) is 27.3 Å². The Morgan fingerprint density at radius 2 is 1.49 bits per heavy atom. The Hall–Kier alpha value is -4.07. The molecule has 35 heavy (non-hydrogen) atoms. The van der Waals surface area contributed by atoms with Crippen molar-refractivity contribution in [2.45, 2.75) is 6.54 Å². The smallest absolute Gasteiger partial charge is 0.267 e. The zero-order chi connectivity index (χ0) is 24.5. The molecule has 1 fully saturated rings. The first-order valence-electron chi connectivity index (χ1n) is 11.5. The number of hydroxylamine groups is 1. The molecule has 3 aromatic rings. The van der Waals surface area contributed by atoms with Crippen molar-refractivity contribution < 1.29 is 14.8 Å². The fourth-order valence-electron chi connectivity index (χ4n) is 3.95. The molecule has 178 valence electrons. The zero-order valence-corrected chi connectivity index (χ0v) is 19.4. The van der Waals surface area contributed by atoms with E-state index in [0.29, 0.717) is 17.0 Å². The number of para-hydroxylation sites is 1. The number of anilines is 1. The number of aromatic nitrogens is 1. The van der Waals surface area contributed by atoms with Crippen molar-refractivity contribution in [1.82, 2.24) is 15.4 Å². The van der Waals surface area contributed by atoms with E-state index in [1.807, 2.05) is 30.3 Å². The van der Waals surface area contributed by atoms with Gasteiger partial charge in [-0.25, -0.2) is 10.5 Å². The molecule has 0 atom stereocenters. The summed E-state index contributed by atoms with van der Waals surface area (Å²) in [5.41, 5.74) is 5.74. The minimum Gasteiger partial charge on any atom is -0.369 e. The lowest BCUT2D eigenvalue weighted by molar-refractivity contribution is -0.124. The Kier molecular flexibility index (Phi) is 8.17. The molecule has 1 saturated heterocycles. The monoisotopic (exact) mass is 468 g/mol. The van der Waals surface area contributed by atoms with E-state index in [0.717, 1.165) is 32.7 Å². The lowest BCUT2D eigenvalue weighted by atomic mass is 10.1. The van der Waals surface area contributed by atoms with Gasteiger partial charge in [-0.1, -0.05) is 48.5 Å². The normalized spacial score (nSPS) is 14.5. The Balaban J connectivity index is 1.29. The molecule has 7 nitrogen and oxygen atoms in total. The van der Waals surface area contributed by atoms with Gasteiger partial charge in [0.1, 0.15) is 0 Å². The number of benzene rings is 2. The number of nitrogens with zero attached hydrogens (tertiary/aromatic N) is 3. The van der Waals surface area contributed by atoms with E-state index >= 15 is 0 Å². The van der Waals surface area contributed by atoms with Gasteiger partial charge in [0.15, 0.2) is 5.78 Å². The van der Waals surface area contributed by atoms with Gasteiger partial charge in [-0.15, -0.1) is 0 Å². The molecule has 1 aliphatic rings. The zero-order valence-electron chi connectivity index (χ0n) is 19.4. The highest BCUT2D eigenvalue weighted by atomic mass is 16.5. The summed E-state index contributed by atoms with van der Waals surface area (Å²) in [7, 11) is 0. The summed E-state index contributed by atoms with van der Waals surface area (Å²) < 4.78 is 0. The predicted molar refractivity (Wildman–Crippen MR) is 137 cm³/mol. The first-order chi connectivity index (χ1) is 17.1. The Labute approximate surface area is 205 Å². The first kappa shape index (κ1) is 24.1. The van der Waals surface area contributed by atoms with E-state index in [-0.39, 0.29) is 5.78 Å². The van der Waals surface area contributed by atoms with Crippen molar-refractivity contribution in [2.24, 2.45) is 0 Å². The van der Waals surface area contributed by atoms with Gasteiger partial charge in [-0.05, 0) is 48.1 Å². The SMILES string of the molecule is O=C(C=Cc1cccc(C=CC(=O)c2ccc(CN3CCN(c4ccccc4)CC3)cc2)n1)NO. The number of hydrogen-bond donors (Lipinski definition) is 2. The Morgan fingerprint density at radius 3 is 2.14 bits per heavy atom. The van der Waals surface area contributed by atoms with Crippen molar-refractivity contribution in [3.63, 3.8) is 0 Å². The largest absolute Gasteiger partial charge is 0.369 e. The first-order valence-corrected chi connectivity index (χ1v) is 11.5. The van der Waals surface area contributed by atoms with Crippen LogP contribution in [0.4, 0.5) is 5.69 Å². The predicted octanol–water partition coefficient (Wildman–Crippen LogP) is 3.82. The van der Waals surface area contributed by atoms with Gasteiger partial charge in [-0.3, -0.25) is 19.7 Å². The van der Waals surface area contributed by atoms with Crippen LogP contribution in [0.25, 0.3) is 12.2 Å². The number of hydrogen-bond acceptors (Lipinski definition) is 6. The van der Waals surface area contributed by atoms with E-state index in [2.05, 4.69) is 39.0 Å². The van der Waals surface area contributed by atoms with Crippen molar-refractivity contribution in [3.05, 3.63) is 107 Å². The number of ketones is 1. The third-order valence-electron chi connectivity index (χ3n) is 5.85. The van der Waals surface area contributed by atoms with Gasteiger partial charge in [0.25, 0.3) is 5.91 Å². The van der Waals surface area contributed by atoms with Gasteiger partial charge in [-0.2, -0.15) is 0 Å². The fourth-order valence-corrected chi connectivity index (χ4v) is 3.95. The van der Waals surface area contributed by atoms with Crippen LogP contribution in [0.5, 0.6) is 0 Å². The molecule has 1 amide bonds. The number of carbonyl (C=O) groups is 2. The number of carbonyl (C=O) groups excluding carboxylic acids is 2. The van der Waals surface area contributed by atoms with Gasteiger partial charge >= 0.3 is 0 Å². The average Bonchev–Trinajstić information content (AvgIpc) is 2.92. The fraction of sp³-hybridized carbons (Fsp3) is 0.179. The number of nitrogens with one attached hydrogen (secondary N) is 1. The van der Waals surface area contributed by atoms with Gasteiger partial charge in [0, 0.05) is 50.1 Å². The van der Waals surface area contributed by atoms with E-state index in [1.165, 1.54) is 35.0 Å². The summed E-state index contributed by atoms with van der Waals surface area (Å²) in [6, 6.07) is 23.5. The van der Waals surface area contributed by atoms with Gasteiger partial charge in [0.2, 0.25) is 0 Å². The summed E-state index contributed by atoms with van der Waals surface area (Å²) in [5.74, 6) is -0.740. The molecule has 0 saturated carbocycles. The maximum atomic E-state index is 12.6. The average molecular weight is 469 g/mol. The summed E-state index contributed by atoms with van der Waals surface area (Å²) in [6.45, 7) is 4.88. The highest BCUT2D eigenvalue weighted by molar-refractivity contribution is 6.06. The molecule has 0 unspecified atom stereocenters. The van der Waals surface area contributed by atoms with Crippen LogP contribution in [0, 0.1) is 0 Å². The van der Waals surface area contributed by atoms with E-state index in [1.54, 1.807) is 24.3 Å². The van der Waals surface area contributed by atoms with E-state index in [9.17, 15) is 9.59 Å². The lowest BCUT2D eigenvalue weighted by Gasteiger charge is -2.36. The molecule has 1 aliphatic heterocycles. The molecule has 0 aliphatic carbocycles. The third kappa shape index (κ3) is 6.96. The third-order valence-corrected chi connectivity index (χ3v) is 5.85. The molecule has 0 bridgehead atoms. The van der Waals surface area contributed by atoms with Gasteiger partial charge in [0.05, 0.1) is 11.4 Å². The molecular weight excluding hydrogens is 440 g/mol. The molecule has 2 heterocycles. The molecule has 1 aromatic heterocycles. The molecular formula is C28H28N4O3. The van der Waals surface area contributed by atoms with Crippen molar-refractivity contribution in [1.29, 1.82) is 0 Å². The second kappa shape index (κ2) is 11.9. The van der Waals surface area contributed by atoms with Crippen LogP contribution < -0.4 is 10.4 Å². The molecule has 0 radical (unpaired) electrons. The molecule has 7 heteroatoms. The summed E-state index contributed by atoms with van der Waals surface area (Å²) in [5, 5.41) is 8.55. The summed E-state index contributed by atoms with van der Waals surface area (Å²) in [4.78, 5) is 32.9. The minimum absolute atomic E-state index is 0.101. The molecule has 2 N–H and O–H groups in total. The second-order valence-electron chi connectivity index (χ2n) is 8.29. The van der Waals surface area contributed by atoms with E-state index in [4.69, 9.17) is 5.21 Å². The number of piperazine rings is 1. The van der Waals surface area contributed by atoms with Crippen LogP contribution in [0.15, 0.2) is 84.9 Å². The maximum absolute atomic E-state index is 12.6. The quantitative estimate of drug-likeness (QED) is 0.226. The van der Waals surface area contributed by atoms with Crippen LogP contribution in [-0.2, 0) is 11.3 Å². The Bertz CT molecular complexity index is 1200. The van der Waals surface area contributed by atoms with Crippen LogP contribution in [0.3, 0.4) is 0 Å². The number of allylic oxidation sites excluding steroid dienone is 1. The number of rotatable bonds is 8. The maximum Gasteiger partial charge on any atom is 0.267 e.